The van der Waals surface area contributed by atoms with E-state index in [-0.39, 0.29) is 5.92 Å². The second kappa shape index (κ2) is 2.83. The summed E-state index contributed by atoms with van der Waals surface area (Å²) < 4.78 is 24.1. The summed E-state index contributed by atoms with van der Waals surface area (Å²) in [6.07, 6.45) is 5.42. The Morgan fingerprint density at radius 3 is 2.92 bits per heavy atom. The van der Waals surface area contributed by atoms with Crippen molar-refractivity contribution >= 4 is 32.4 Å². The monoisotopic (exact) mass is 296 g/mol. The third-order valence-corrected chi connectivity index (χ3v) is 5.13. The van der Waals surface area contributed by atoms with Gasteiger partial charge in [-0.1, -0.05) is 6.08 Å². The minimum Gasteiger partial charge on any atom is -0.224 e. The van der Waals surface area contributed by atoms with E-state index < -0.39 is 9.84 Å². The van der Waals surface area contributed by atoms with Crippen molar-refractivity contribution in [2.75, 3.05) is 5.75 Å². The van der Waals surface area contributed by atoms with Crippen LogP contribution >= 0.6 is 22.6 Å². The van der Waals surface area contributed by atoms with E-state index in [1.807, 2.05) is 6.08 Å². The Balaban J connectivity index is 2.46. The molecule has 0 radical (unpaired) electrons. The second-order valence-corrected chi connectivity index (χ2v) is 6.69. The molecular formula is C8H9IO2S. The molecule has 0 spiro atoms. The molecular weight excluding hydrogens is 287 g/mol. The van der Waals surface area contributed by atoms with Crippen molar-refractivity contribution in [1.82, 2.24) is 0 Å². The molecule has 0 amide bonds. The zero-order valence-electron chi connectivity index (χ0n) is 6.46. The first kappa shape index (κ1) is 8.74. The lowest BCUT2D eigenvalue weighted by molar-refractivity contribution is 0.605. The fraction of sp³-hybridized carbons (Fsp3) is 0.500. The van der Waals surface area contributed by atoms with Gasteiger partial charge in [-0.05, 0) is 45.1 Å². The molecule has 0 aromatic rings. The van der Waals surface area contributed by atoms with Gasteiger partial charge in [0.2, 0.25) is 0 Å². The van der Waals surface area contributed by atoms with Crippen LogP contribution in [0.2, 0.25) is 0 Å². The fourth-order valence-electron chi connectivity index (χ4n) is 1.73. The lowest BCUT2D eigenvalue weighted by atomic mass is 9.98. The number of halogens is 1. The van der Waals surface area contributed by atoms with Gasteiger partial charge in [0, 0.05) is 10.8 Å². The summed E-state index contributed by atoms with van der Waals surface area (Å²) in [4.78, 5) is 0.669. The summed E-state index contributed by atoms with van der Waals surface area (Å²) in [6.45, 7) is 0. The molecule has 2 nitrogen and oxygen atoms in total. The normalized spacial score (nSPS) is 32.2. The highest BCUT2D eigenvalue weighted by atomic mass is 127. The van der Waals surface area contributed by atoms with Crippen LogP contribution in [0.15, 0.2) is 20.6 Å². The van der Waals surface area contributed by atoms with E-state index in [2.05, 4.69) is 22.6 Å². The summed E-state index contributed by atoms with van der Waals surface area (Å²) in [7, 11) is -2.86. The Labute approximate surface area is 85.8 Å². The van der Waals surface area contributed by atoms with Gasteiger partial charge in [0.25, 0.3) is 0 Å². The van der Waals surface area contributed by atoms with Crippen LogP contribution < -0.4 is 0 Å². The van der Waals surface area contributed by atoms with Gasteiger partial charge in [-0.2, -0.15) is 0 Å². The van der Waals surface area contributed by atoms with Crippen molar-refractivity contribution in [3.05, 3.63) is 20.6 Å². The van der Waals surface area contributed by atoms with Crippen molar-refractivity contribution in [2.45, 2.75) is 12.8 Å². The molecule has 1 fully saturated rings. The van der Waals surface area contributed by atoms with Crippen LogP contribution in [0.4, 0.5) is 0 Å². The molecule has 1 unspecified atom stereocenters. The summed E-state index contributed by atoms with van der Waals surface area (Å²) in [5.41, 5.74) is 0. The van der Waals surface area contributed by atoms with Crippen LogP contribution in [-0.4, -0.2) is 14.2 Å². The third-order valence-electron chi connectivity index (χ3n) is 2.37. The van der Waals surface area contributed by atoms with Crippen LogP contribution in [0.1, 0.15) is 12.8 Å². The lowest BCUT2D eigenvalue weighted by Gasteiger charge is -2.13. The molecule has 2 rings (SSSR count). The van der Waals surface area contributed by atoms with Crippen molar-refractivity contribution < 1.29 is 8.42 Å². The molecule has 0 aromatic heterocycles. The molecule has 0 aromatic carbocycles. The predicted octanol–water partition coefficient (Wildman–Crippen LogP) is 2.03. The first-order valence-electron chi connectivity index (χ1n) is 3.88. The van der Waals surface area contributed by atoms with E-state index in [0.29, 0.717) is 10.7 Å². The molecule has 0 N–H and O–H groups in total. The van der Waals surface area contributed by atoms with Gasteiger partial charge in [-0.25, -0.2) is 8.42 Å². The largest absolute Gasteiger partial charge is 0.224 e. The highest BCUT2D eigenvalue weighted by molar-refractivity contribution is 14.1. The summed E-state index contributed by atoms with van der Waals surface area (Å²) in [6, 6.07) is 0. The fourth-order valence-corrected chi connectivity index (χ4v) is 4.26. The van der Waals surface area contributed by atoms with E-state index in [4.69, 9.17) is 0 Å². The van der Waals surface area contributed by atoms with Crippen LogP contribution in [0.25, 0.3) is 0 Å². The zero-order chi connectivity index (χ0) is 8.77. The van der Waals surface area contributed by atoms with E-state index >= 15 is 0 Å². The van der Waals surface area contributed by atoms with Crippen LogP contribution in [0.3, 0.4) is 0 Å². The SMILES string of the molecule is O=S1(=O)CCC2CC(I)=CC=C21. The molecule has 0 bridgehead atoms. The highest BCUT2D eigenvalue weighted by Gasteiger charge is 2.35. The third kappa shape index (κ3) is 1.35. The first-order chi connectivity index (χ1) is 5.59. The first-order valence-corrected chi connectivity index (χ1v) is 6.62. The molecule has 2 aliphatic rings. The zero-order valence-corrected chi connectivity index (χ0v) is 9.43. The van der Waals surface area contributed by atoms with Crippen molar-refractivity contribution in [1.29, 1.82) is 0 Å². The summed E-state index contributed by atoms with van der Waals surface area (Å²) in [5, 5.41) is 0. The quantitative estimate of drug-likeness (QED) is 0.641. The average Bonchev–Trinajstić information content (AvgIpc) is 2.27. The predicted molar refractivity (Wildman–Crippen MR) is 56.7 cm³/mol. The average molecular weight is 296 g/mol. The molecule has 1 aliphatic heterocycles. The number of fused-ring (bicyclic) bond motifs is 1. The van der Waals surface area contributed by atoms with Crippen LogP contribution in [0, 0.1) is 5.92 Å². The molecule has 1 heterocycles. The standard InChI is InChI=1S/C8H9IO2S/c9-7-1-2-8-6(5-7)3-4-12(8,10)11/h1-2,6H,3-5H2. The van der Waals surface area contributed by atoms with Gasteiger partial charge < -0.3 is 0 Å². The Morgan fingerprint density at radius 1 is 1.42 bits per heavy atom. The molecule has 1 aliphatic carbocycles. The highest BCUT2D eigenvalue weighted by Crippen LogP contribution is 2.39. The van der Waals surface area contributed by atoms with Crippen LogP contribution in [0.5, 0.6) is 0 Å². The Hall–Kier alpha value is 0.160. The second-order valence-electron chi connectivity index (χ2n) is 3.19. The summed E-state index contributed by atoms with van der Waals surface area (Å²) >= 11 is 2.27. The lowest BCUT2D eigenvalue weighted by Crippen LogP contribution is -2.05. The van der Waals surface area contributed by atoms with Gasteiger partial charge in [-0.15, -0.1) is 0 Å². The van der Waals surface area contributed by atoms with Crippen molar-refractivity contribution in [2.24, 2.45) is 5.92 Å². The number of hydrogen-bond donors (Lipinski definition) is 0. The molecule has 12 heavy (non-hydrogen) atoms. The number of sulfone groups is 1. The minimum absolute atomic E-state index is 0.284. The summed E-state index contributed by atoms with van der Waals surface area (Å²) in [5.74, 6) is 0.633. The maximum Gasteiger partial charge on any atom is 0.174 e. The van der Waals surface area contributed by atoms with Gasteiger partial charge in [-0.3, -0.25) is 0 Å². The van der Waals surface area contributed by atoms with Crippen molar-refractivity contribution in [3.8, 4) is 0 Å². The number of rotatable bonds is 0. The van der Waals surface area contributed by atoms with Crippen LogP contribution in [-0.2, 0) is 9.84 Å². The topological polar surface area (TPSA) is 34.1 Å². The van der Waals surface area contributed by atoms with Crippen molar-refractivity contribution in [3.63, 3.8) is 0 Å². The molecule has 0 saturated carbocycles. The number of allylic oxidation sites excluding steroid dienone is 4. The smallest absolute Gasteiger partial charge is 0.174 e. The van der Waals surface area contributed by atoms with Gasteiger partial charge in [0.15, 0.2) is 9.84 Å². The van der Waals surface area contributed by atoms with E-state index in [1.165, 1.54) is 3.58 Å². The maximum absolute atomic E-state index is 11.4. The molecule has 4 heteroatoms. The maximum atomic E-state index is 11.4. The number of hydrogen-bond acceptors (Lipinski definition) is 2. The Bertz CT molecular complexity index is 365. The molecule has 1 saturated heterocycles. The van der Waals surface area contributed by atoms with Gasteiger partial charge in [0.05, 0.1) is 5.75 Å². The van der Waals surface area contributed by atoms with E-state index in [1.54, 1.807) is 6.08 Å². The molecule has 1 atom stereocenters. The van der Waals surface area contributed by atoms with E-state index in [0.717, 1.165) is 12.8 Å². The van der Waals surface area contributed by atoms with Gasteiger partial charge >= 0.3 is 0 Å². The Morgan fingerprint density at radius 2 is 2.17 bits per heavy atom. The van der Waals surface area contributed by atoms with Gasteiger partial charge in [0.1, 0.15) is 0 Å². The molecule has 66 valence electrons. The van der Waals surface area contributed by atoms with E-state index in [9.17, 15) is 8.42 Å². The Kier molecular flexibility index (Phi) is 2.07. The minimum atomic E-state index is -2.86.